The normalized spacial score (nSPS) is 20.8. The number of carbonyl (C=O) groups excluding carboxylic acids is 1. The number of methoxy groups -OCH3 is 1. The van der Waals surface area contributed by atoms with Crippen LogP contribution in [0.4, 0.5) is 18.9 Å². The van der Waals surface area contributed by atoms with Crippen LogP contribution in [0.1, 0.15) is 31.7 Å². The second-order valence-electron chi connectivity index (χ2n) is 6.55. The molecule has 1 fully saturated rings. The average Bonchev–Trinajstić information content (AvgIpc) is 2.80. The van der Waals surface area contributed by atoms with Crippen LogP contribution in [0.15, 0.2) is 24.3 Å². The summed E-state index contributed by atoms with van der Waals surface area (Å²) >= 11 is 0. The Morgan fingerprint density at radius 1 is 1.32 bits per heavy atom. The van der Waals surface area contributed by atoms with E-state index in [1.165, 1.54) is 12.1 Å². The van der Waals surface area contributed by atoms with Crippen molar-refractivity contribution in [3.05, 3.63) is 29.8 Å². The highest BCUT2D eigenvalue weighted by molar-refractivity contribution is 5.94. The van der Waals surface area contributed by atoms with Gasteiger partial charge in [0.25, 0.3) is 0 Å². The lowest BCUT2D eigenvalue weighted by molar-refractivity contribution is -0.137. The molecule has 25 heavy (non-hydrogen) atoms. The molecule has 4 nitrogen and oxygen atoms in total. The SMILES string of the molecule is COC[C@@H]1CCCCN([C@@H](C)C(=O)Nc2ccc(C(F)(F)F)cc2)C1. The van der Waals surface area contributed by atoms with E-state index >= 15 is 0 Å². The van der Waals surface area contributed by atoms with Crippen LogP contribution in [0.25, 0.3) is 0 Å². The molecule has 1 aliphatic rings. The van der Waals surface area contributed by atoms with E-state index in [9.17, 15) is 18.0 Å². The minimum Gasteiger partial charge on any atom is -0.384 e. The maximum Gasteiger partial charge on any atom is 0.416 e. The van der Waals surface area contributed by atoms with Crippen LogP contribution in [0, 0.1) is 5.92 Å². The van der Waals surface area contributed by atoms with Crippen molar-refractivity contribution in [2.75, 3.05) is 32.1 Å². The molecule has 0 spiro atoms. The Hall–Kier alpha value is -1.60. The Morgan fingerprint density at radius 3 is 2.60 bits per heavy atom. The summed E-state index contributed by atoms with van der Waals surface area (Å²) in [6.07, 6.45) is -1.16. The summed E-state index contributed by atoms with van der Waals surface area (Å²) in [5.41, 5.74) is -0.360. The number of benzene rings is 1. The second-order valence-corrected chi connectivity index (χ2v) is 6.55. The van der Waals surface area contributed by atoms with Gasteiger partial charge in [0.1, 0.15) is 0 Å². The van der Waals surface area contributed by atoms with Gasteiger partial charge in [0, 0.05) is 19.3 Å². The van der Waals surface area contributed by atoms with Gasteiger partial charge in [-0.15, -0.1) is 0 Å². The third-order valence-corrected chi connectivity index (χ3v) is 4.61. The first-order chi connectivity index (χ1) is 11.8. The lowest BCUT2D eigenvalue weighted by Crippen LogP contribution is -2.44. The number of nitrogens with one attached hydrogen (secondary N) is 1. The Morgan fingerprint density at radius 2 is 2.00 bits per heavy atom. The summed E-state index contributed by atoms with van der Waals surface area (Å²) in [6, 6.07) is 4.16. The summed E-state index contributed by atoms with van der Waals surface area (Å²) in [5.74, 6) is 0.187. The number of hydrogen-bond acceptors (Lipinski definition) is 3. The lowest BCUT2D eigenvalue weighted by Gasteiger charge is -2.29. The summed E-state index contributed by atoms with van der Waals surface area (Å²) in [5, 5.41) is 2.71. The van der Waals surface area contributed by atoms with Crippen LogP contribution in [-0.2, 0) is 15.7 Å². The molecule has 1 saturated heterocycles. The topological polar surface area (TPSA) is 41.6 Å². The molecule has 2 atom stereocenters. The first kappa shape index (κ1) is 19.7. The van der Waals surface area contributed by atoms with E-state index in [0.29, 0.717) is 18.2 Å². The highest BCUT2D eigenvalue weighted by atomic mass is 19.4. The molecule has 0 unspecified atom stereocenters. The fourth-order valence-electron chi connectivity index (χ4n) is 3.14. The molecule has 0 radical (unpaired) electrons. The molecule has 0 bridgehead atoms. The van der Waals surface area contributed by atoms with Gasteiger partial charge in [-0.2, -0.15) is 13.2 Å². The molecule has 0 saturated carbocycles. The van der Waals surface area contributed by atoms with Crippen molar-refractivity contribution in [1.82, 2.24) is 4.90 Å². The molecule has 1 aromatic carbocycles. The van der Waals surface area contributed by atoms with E-state index in [1.807, 2.05) is 6.92 Å². The number of alkyl halides is 3. The molecule has 1 heterocycles. The molecule has 1 aliphatic heterocycles. The maximum atomic E-state index is 12.6. The molecule has 0 aromatic heterocycles. The van der Waals surface area contributed by atoms with Crippen molar-refractivity contribution in [3.8, 4) is 0 Å². The van der Waals surface area contributed by atoms with Gasteiger partial charge >= 0.3 is 6.18 Å². The highest BCUT2D eigenvalue weighted by Crippen LogP contribution is 2.30. The summed E-state index contributed by atoms with van der Waals surface area (Å²) < 4.78 is 43.0. The predicted molar refractivity (Wildman–Crippen MR) is 90.3 cm³/mol. The number of rotatable bonds is 5. The van der Waals surface area contributed by atoms with Gasteiger partial charge in [0.05, 0.1) is 18.2 Å². The zero-order valence-electron chi connectivity index (χ0n) is 14.6. The molecule has 1 N–H and O–H groups in total. The van der Waals surface area contributed by atoms with Crippen molar-refractivity contribution in [2.45, 2.75) is 38.4 Å². The van der Waals surface area contributed by atoms with Gasteiger partial charge < -0.3 is 10.1 Å². The van der Waals surface area contributed by atoms with E-state index in [4.69, 9.17) is 4.74 Å². The van der Waals surface area contributed by atoms with E-state index in [2.05, 4.69) is 10.2 Å². The molecular formula is C18H25F3N2O2. The highest BCUT2D eigenvalue weighted by Gasteiger charge is 2.30. The number of anilines is 1. The first-order valence-corrected chi connectivity index (χ1v) is 8.52. The van der Waals surface area contributed by atoms with Crippen molar-refractivity contribution in [2.24, 2.45) is 5.92 Å². The van der Waals surface area contributed by atoms with Crippen LogP contribution in [0.5, 0.6) is 0 Å². The Labute approximate surface area is 146 Å². The third-order valence-electron chi connectivity index (χ3n) is 4.61. The summed E-state index contributed by atoms with van der Waals surface area (Å²) in [6.45, 7) is 4.12. The molecular weight excluding hydrogens is 333 g/mol. The van der Waals surface area contributed by atoms with E-state index in [0.717, 1.165) is 44.5 Å². The zero-order chi connectivity index (χ0) is 18.4. The monoisotopic (exact) mass is 358 g/mol. The van der Waals surface area contributed by atoms with E-state index in [-0.39, 0.29) is 11.9 Å². The van der Waals surface area contributed by atoms with Gasteiger partial charge in [-0.1, -0.05) is 6.42 Å². The molecule has 1 aromatic rings. The Kier molecular flexibility index (Phi) is 6.84. The largest absolute Gasteiger partial charge is 0.416 e. The molecule has 2 rings (SSSR count). The molecule has 140 valence electrons. The van der Waals surface area contributed by atoms with E-state index < -0.39 is 11.7 Å². The van der Waals surface area contributed by atoms with Crippen molar-refractivity contribution >= 4 is 11.6 Å². The summed E-state index contributed by atoms with van der Waals surface area (Å²) in [4.78, 5) is 14.6. The number of carbonyl (C=O) groups is 1. The van der Waals surface area contributed by atoms with Gasteiger partial charge in [0.2, 0.25) is 5.91 Å². The molecule has 1 amide bonds. The summed E-state index contributed by atoms with van der Waals surface area (Å²) in [7, 11) is 1.68. The van der Waals surface area contributed by atoms with Crippen LogP contribution >= 0.6 is 0 Å². The van der Waals surface area contributed by atoms with Crippen LogP contribution in [0.3, 0.4) is 0 Å². The number of likely N-dealkylation sites (tertiary alicyclic amines) is 1. The lowest BCUT2D eigenvalue weighted by atomic mass is 10.0. The Balaban J connectivity index is 1.97. The predicted octanol–water partition coefficient (Wildman–Crippen LogP) is 3.78. The first-order valence-electron chi connectivity index (χ1n) is 8.52. The number of nitrogens with zero attached hydrogens (tertiary/aromatic N) is 1. The van der Waals surface area contributed by atoms with Crippen molar-refractivity contribution in [3.63, 3.8) is 0 Å². The Bertz CT molecular complexity index is 560. The van der Waals surface area contributed by atoms with Gasteiger partial charge in [-0.3, -0.25) is 9.69 Å². The number of hydrogen-bond donors (Lipinski definition) is 1. The zero-order valence-corrected chi connectivity index (χ0v) is 14.6. The fraction of sp³-hybridized carbons (Fsp3) is 0.611. The molecule has 7 heteroatoms. The minimum absolute atomic E-state index is 0.210. The van der Waals surface area contributed by atoms with Gasteiger partial charge in [-0.25, -0.2) is 0 Å². The smallest absolute Gasteiger partial charge is 0.384 e. The average molecular weight is 358 g/mol. The quantitative estimate of drug-likeness (QED) is 0.871. The van der Waals surface area contributed by atoms with Gasteiger partial charge in [0.15, 0.2) is 0 Å². The van der Waals surface area contributed by atoms with Crippen molar-refractivity contribution in [1.29, 1.82) is 0 Å². The second kappa shape index (κ2) is 8.67. The van der Waals surface area contributed by atoms with Crippen LogP contribution in [-0.4, -0.2) is 43.7 Å². The number of halogens is 3. The maximum absolute atomic E-state index is 12.6. The van der Waals surface area contributed by atoms with E-state index in [1.54, 1.807) is 7.11 Å². The third kappa shape index (κ3) is 5.71. The minimum atomic E-state index is -4.38. The fourth-order valence-corrected chi connectivity index (χ4v) is 3.14. The van der Waals surface area contributed by atoms with Crippen molar-refractivity contribution < 1.29 is 22.7 Å². The van der Waals surface area contributed by atoms with Gasteiger partial charge in [-0.05, 0) is 56.5 Å². The van der Waals surface area contributed by atoms with Crippen LogP contribution < -0.4 is 5.32 Å². The standard InChI is InChI=1S/C18H25F3N2O2/c1-13(23-10-4-3-5-14(11-23)12-25-2)17(24)22-16-8-6-15(7-9-16)18(19,20)21/h6-9,13-14H,3-5,10-12H2,1-2H3,(H,22,24)/t13-,14+/m0/s1. The van der Waals surface area contributed by atoms with Crippen LogP contribution in [0.2, 0.25) is 0 Å². The molecule has 0 aliphatic carbocycles. The number of amides is 1. The number of ether oxygens (including phenoxy) is 1.